The van der Waals surface area contributed by atoms with Crippen LogP contribution in [0.3, 0.4) is 0 Å². The van der Waals surface area contributed by atoms with Gasteiger partial charge in [0.25, 0.3) is 0 Å². The maximum absolute atomic E-state index is 11.6. The maximum atomic E-state index is 11.6. The van der Waals surface area contributed by atoms with Crippen molar-refractivity contribution in [3.05, 3.63) is 77.3 Å². The Morgan fingerprint density at radius 3 is 2.04 bits per heavy atom. The molecule has 0 N–H and O–H groups in total. The quantitative estimate of drug-likeness (QED) is 0.324. The molecule has 5 heteroatoms. The van der Waals surface area contributed by atoms with Crippen LogP contribution in [-0.4, -0.2) is 5.97 Å². The van der Waals surface area contributed by atoms with E-state index in [-0.39, 0.29) is 15.8 Å². The summed E-state index contributed by atoms with van der Waals surface area (Å²) in [4.78, 5) is 11.6. The Kier molecular flexibility index (Phi) is 4.74. The fourth-order valence-corrected chi connectivity index (χ4v) is 2.72. The fourth-order valence-electron chi connectivity index (χ4n) is 2.26. The van der Waals surface area contributed by atoms with Crippen molar-refractivity contribution in [2.45, 2.75) is 0 Å². The van der Waals surface area contributed by atoms with Crippen molar-refractivity contribution in [1.29, 1.82) is 0 Å². The summed E-state index contributed by atoms with van der Waals surface area (Å²) in [5.74, 6) is 0.593. The van der Waals surface area contributed by atoms with Crippen LogP contribution >= 0.6 is 23.2 Å². The minimum Gasteiger partial charge on any atom is -0.455 e. The van der Waals surface area contributed by atoms with Gasteiger partial charge < -0.3 is 9.47 Å². The smallest absolute Gasteiger partial charge is 0.335 e. The average Bonchev–Trinajstić information content (AvgIpc) is 2.63. The van der Waals surface area contributed by atoms with E-state index in [4.69, 9.17) is 32.7 Å². The molecule has 0 amide bonds. The highest BCUT2D eigenvalue weighted by Gasteiger charge is 2.21. The third kappa shape index (κ3) is 3.09. The van der Waals surface area contributed by atoms with Crippen LogP contribution < -0.4 is 9.47 Å². The summed E-state index contributed by atoms with van der Waals surface area (Å²) in [7, 11) is 0. The molecule has 0 heterocycles. The second-order valence-corrected chi connectivity index (χ2v) is 5.63. The topological polar surface area (TPSA) is 35.5 Å². The number of hydrogen-bond acceptors (Lipinski definition) is 3. The lowest BCUT2D eigenvalue weighted by atomic mass is 10.1. The van der Waals surface area contributed by atoms with Gasteiger partial charge >= 0.3 is 5.97 Å². The van der Waals surface area contributed by atoms with Crippen molar-refractivity contribution in [2.24, 2.45) is 0 Å². The van der Waals surface area contributed by atoms with Gasteiger partial charge in [-0.3, -0.25) is 0 Å². The van der Waals surface area contributed by atoms with E-state index in [0.29, 0.717) is 22.3 Å². The van der Waals surface area contributed by atoms with Crippen LogP contribution in [0.15, 0.2) is 67.3 Å². The number of fused-ring (bicyclic) bond motifs is 1. The zero-order valence-electron chi connectivity index (χ0n) is 12.5. The molecule has 3 aromatic rings. The maximum Gasteiger partial charge on any atom is 0.335 e. The average molecular weight is 359 g/mol. The van der Waals surface area contributed by atoms with Crippen molar-refractivity contribution in [3.8, 4) is 17.2 Å². The molecular weight excluding hydrogens is 347 g/mol. The van der Waals surface area contributed by atoms with E-state index < -0.39 is 5.97 Å². The molecule has 0 aromatic heterocycles. The first-order valence-electron chi connectivity index (χ1n) is 7.08. The molecule has 0 atom stereocenters. The minimum atomic E-state index is -0.616. The van der Waals surface area contributed by atoms with Gasteiger partial charge in [-0.25, -0.2) is 4.79 Å². The van der Waals surface area contributed by atoms with Crippen LogP contribution in [0.2, 0.25) is 10.0 Å². The summed E-state index contributed by atoms with van der Waals surface area (Å²) in [5.41, 5.74) is 0. The lowest BCUT2D eigenvalue weighted by Crippen LogP contribution is -2.04. The molecule has 0 saturated carbocycles. The zero-order valence-corrected chi connectivity index (χ0v) is 14.0. The third-order valence-corrected chi connectivity index (χ3v) is 4.16. The summed E-state index contributed by atoms with van der Waals surface area (Å²) < 4.78 is 11.2. The van der Waals surface area contributed by atoms with Crippen molar-refractivity contribution >= 4 is 39.9 Å². The molecule has 0 aliphatic rings. The third-order valence-electron chi connectivity index (χ3n) is 3.34. The molecular formula is C19H12Cl2O3. The molecule has 0 unspecified atom stereocenters. The van der Waals surface area contributed by atoms with Gasteiger partial charge in [-0.15, -0.1) is 0 Å². The monoisotopic (exact) mass is 358 g/mol. The summed E-state index contributed by atoms with van der Waals surface area (Å²) >= 11 is 12.7. The predicted octanol–water partition coefficient (Wildman–Crippen LogP) is 6.03. The van der Waals surface area contributed by atoms with Gasteiger partial charge in [-0.1, -0.05) is 72.2 Å². The highest BCUT2D eigenvalue weighted by molar-refractivity contribution is 6.45. The molecule has 120 valence electrons. The minimum absolute atomic E-state index is 0.108. The van der Waals surface area contributed by atoms with Crippen molar-refractivity contribution in [3.63, 3.8) is 0 Å². The van der Waals surface area contributed by atoms with E-state index in [0.717, 1.165) is 6.08 Å². The summed E-state index contributed by atoms with van der Waals surface area (Å²) in [6, 6.07) is 16.5. The number of rotatable bonds is 4. The number of hydrogen-bond donors (Lipinski definition) is 0. The molecule has 0 aliphatic heterocycles. The van der Waals surface area contributed by atoms with E-state index in [9.17, 15) is 4.79 Å². The van der Waals surface area contributed by atoms with E-state index >= 15 is 0 Å². The van der Waals surface area contributed by atoms with Gasteiger partial charge in [0.05, 0.1) is 0 Å². The largest absolute Gasteiger partial charge is 0.455 e. The summed E-state index contributed by atoms with van der Waals surface area (Å²) in [5, 5.41) is 1.58. The van der Waals surface area contributed by atoms with E-state index in [1.54, 1.807) is 6.07 Å². The number of esters is 1. The lowest BCUT2D eigenvalue weighted by molar-refractivity contribution is -0.128. The summed E-state index contributed by atoms with van der Waals surface area (Å²) in [6.45, 7) is 3.39. The SMILES string of the molecule is C=CC(=O)Oc1c(Cl)c(Cl)c(Oc2ccccc2)c2ccccc12. The first kappa shape index (κ1) is 16.4. The van der Waals surface area contributed by atoms with Crippen LogP contribution in [0.1, 0.15) is 0 Å². The van der Waals surface area contributed by atoms with Crippen molar-refractivity contribution in [1.82, 2.24) is 0 Å². The van der Waals surface area contributed by atoms with Gasteiger partial charge in [0.15, 0.2) is 11.5 Å². The van der Waals surface area contributed by atoms with Gasteiger partial charge in [-0.2, -0.15) is 0 Å². The number of benzene rings is 3. The van der Waals surface area contributed by atoms with Crippen LogP contribution in [0.5, 0.6) is 17.2 Å². The number of carbonyl (C=O) groups is 1. The van der Waals surface area contributed by atoms with Gasteiger partial charge in [0.1, 0.15) is 15.8 Å². The van der Waals surface area contributed by atoms with Crippen LogP contribution in [-0.2, 0) is 4.79 Å². The first-order chi connectivity index (χ1) is 11.6. The highest BCUT2D eigenvalue weighted by atomic mass is 35.5. The Hall–Kier alpha value is -2.49. The lowest BCUT2D eigenvalue weighted by Gasteiger charge is -2.16. The molecule has 0 radical (unpaired) electrons. The van der Waals surface area contributed by atoms with Crippen molar-refractivity contribution in [2.75, 3.05) is 0 Å². The molecule has 3 rings (SSSR count). The van der Waals surface area contributed by atoms with Crippen LogP contribution in [0, 0.1) is 0 Å². The normalized spacial score (nSPS) is 10.4. The van der Waals surface area contributed by atoms with E-state index in [1.165, 1.54) is 0 Å². The van der Waals surface area contributed by atoms with E-state index in [1.807, 2.05) is 48.5 Å². The molecule has 3 aromatic carbocycles. The second kappa shape index (κ2) is 6.95. The fraction of sp³-hybridized carbons (Fsp3) is 0. The van der Waals surface area contributed by atoms with Crippen LogP contribution in [0.4, 0.5) is 0 Å². The molecule has 24 heavy (non-hydrogen) atoms. The van der Waals surface area contributed by atoms with Gasteiger partial charge in [0, 0.05) is 16.8 Å². The molecule has 0 fully saturated rings. The molecule has 0 aliphatic carbocycles. The molecule has 0 bridgehead atoms. The van der Waals surface area contributed by atoms with Crippen molar-refractivity contribution < 1.29 is 14.3 Å². The Morgan fingerprint density at radius 1 is 0.875 bits per heavy atom. The first-order valence-corrected chi connectivity index (χ1v) is 7.84. The van der Waals surface area contributed by atoms with Gasteiger partial charge in [-0.05, 0) is 12.1 Å². The number of halogens is 2. The Balaban J connectivity index is 2.21. The second-order valence-electron chi connectivity index (χ2n) is 4.87. The number of para-hydroxylation sites is 1. The summed E-state index contributed by atoms with van der Waals surface area (Å²) in [6.07, 6.45) is 1.06. The number of ether oxygens (including phenoxy) is 2. The van der Waals surface area contributed by atoms with Gasteiger partial charge in [0.2, 0.25) is 0 Å². The Morgan fingerprint density at radius 2 is 1.42 bits per heavy atom. The predicted molar refractivity (Wildman–Crippen MR) is 96.3 cm³/mol. The molecule has 3 nitrogen and oxygen atoms in total. The van der Waals surface area contributed by atoms with Crippen LogP contribution in [0.25, 0.3) is 10.8 Å². The zero-order chi connectivity index (χ0) is 17.1. The Bertz CT molecular complexity index is 921. The molecule has 0 saturated heterocycles. The number of carbonyl (C=O) groups excluding carboxylic acids is 1. The standard InChI is InChI=1S/C19H12Cl2O3/c1-2-15(22)24-19-14-11-7-6-10-13(14)18(16(20)17(19)21)23-12-8-4-3-5-9-12/h2-11H,1H2. The van der Waals surface area contributed by atoms with E-state index in [2.05, 4.69) is 6.58 Å². The highest BCUT2D eigenvalue weighted by Crippen LogP contribution is 2.47. The Labute approximate surface area is 149 Å². The molecule has 0 spiro atoms.